The molecule has 1 aromatic carbocycles. The van der Waals surface area contributed by atoms with Crippen LogP contribution in [0.1, 0.15) is 36.7 Å². The first-order chi connectivity index (χ1) is 8.99. The van der Waals surface area contributed by atoms with E-state index in [1.54, 1.807) is 12.1 Å². The average Bonchev–Trinajstić information content (AvgIpc) is 2.43. The Morgan fingerprint density at radius 1 is 1.21 bits per heavy atom. The maximum atomic E-state index is 12.1. The van der Waals surface area contributed by atoms with Gasteiger partial charge in [0.25, 0.3) is 5.91 Å². The van der Waals surface area contributed by atoms with Gasteiger partial charge in [0.1, 0.15) is 6.04 Å². The number of nitrogens with one attached hydrogen (secondary N) is 1. The van der Waals surface area contributed by atoms with E-state index in [9.17, 15) is 9.59 Å². The van der Waals surface area contributed by atoms with E-state index in [1.807, 2.05) is 26.0 Å². The minimum atomic E-state index is -0.622. The predicted molar refractivity (Wildman–Crippen MR) is 73.9 cm³/mol. The van der Waals surface area contributed by atoms with E-state index in [0.717, 1.165) is 6.42 Å². The number of benzene rings is 1. The van der Waals surface area contributed by atoms with Crippen molar-refractivity contribution in [2.75, 3.05) is 7.11 Å². The summed E-state index contributed by atoms with van der Waals surface area (Å²) in [5.74, 6) is -0.702. The van der Waals surface area contributed by atoms with Crippen LogP contribution in [0.2, 0.25) is 0 Å². The Labute approximate surface area is 114 Å². The van der Waals surface area contributed by atoms with E-state index in [1.165, 1.54) is 12.7 Å². The molecule has 1 aromatic rings. The van der Waals surface area contributed by atoms with Crippen molar-refractivity contribution in [1.82, 2.24) is 5.32 Å². The Bertz CT molecular complexity index is 437. The lowest BCUT2D eigenvalue weighted by Gasteiger charge is -2.19. The first-order valence-corrected chi connectivity index (χ1v) is 6.47. The van der Waals surface area contributed by atoms with Gasteiger partial charge in [-0.2, -0.15) is 0 Å². The van der Waals surface area contributed by atoms with Gasteiger partial charge in [0.2, 0.25) is 0 Å². The Morgan fingerprint density at radius 3 is 2.21 bits per heavy atom. The van der Waals surface area contributed by atoms with Crippen molar-refractivity contribution < 1.29 is 14.3 Å². The summed E-state index contributed by atoms with van der Waals surface area (Å²) in [5.41, 5.74) is 1.72. The van der Waals surface area contributed by atoms with Gasteiger partial charge in [0.05, 0.1) is 7.11 Å². The zero-order valence-electron chi connectivity index (χ0n) is 11.9. The van der Waals surface area contributed by atoms with E-state index < -0.39 is 12.0 Å². The fraction of sp³-hybridized carbons (Fsp3) is 0.467. The summed E-state index contributed by atoms with van der Waals surface area (Å²) in [6, 6.07) is 6.74. The molecule has 0 heterocycles. The van der Waals surface area contributed by atoms with Gasteiger partial charge in [-0.05, 0) is 30.0 Å². The molecule has 0 bridgehead atoms. The second-order valence-electron chi connectivity index (χ2n) is 4.77. The molecule has 0 unspecified atom stereocenters. The van der Waals surface area contributed by atoms with Crippen LogP contribution in [-0.2, 0) is 16.0 Å². The van der Waals surface area contributed by atoms with Gasteiger partial charge in [-0.1, -0.05) is 32.9 Å². The number of methoxy groups -OCH3 is 1. The SMILES string of the molecule is CCc1ccc(C(=O)N[C@H](C(=O)OC)C(C)C)cc1. The fourth-order valence-corrected chi connectivity index (χ4v) is 1.74. The Balaban J connectivity index is 2.78. The summed E-state index contributed by atoms with van der Waals surface area (Å²) in [4.78, 5) is 23.6. The number of hydrogen-bond donors (Lipinski definition) is 1. The first-order valence-electron chi connectivity index (χ1n) is 6.47. The smallest absolute Gasteiger partial charge is 0.328 e. The second-order valence-corrected chi connectivity index (χ2v) is 4.77. The lowest BCUT2D eigenvalue weighted by atomic mass is 10.0. The summed E-state index contributed by atoms with van der Waals surface area (Å²) in [6.07, 6.45) is 0.929. The van der Waals surface area contributed by atoms with E-state index in [0.29, 0.717) is 5.56 Å². The number of aryl methyl sites for hydroxylation is 1. The van der Waals surface area contributed by atoms with Crippen molar-refractivity contribution >= 4 is 11.9 Å². The van der Waals surface area contributed by atoms with Gasteiger partial charge >= 0.3 is 5.97 Å². The molecule has 0 aliphatic heterocycles. The van der Waals surface area contributed by atoms with Crippen molar-refractivity contribution in [1.29, 1.82) is 0 Å². The number of amides is 1. The van der Waals surface area contributed by atoms with Gasteiger partial charge in [-0.25, -0.2) is 4.79 Å². The number of esters is 1. The quantitative estimate of drug-likeness (QED) is 0.828. The van der Waals surface area contributed by atoms with Crippen molar-refractivity contribution in [3.05, 3.63) is 35.4 Å². The van der Waals surface area contributed by atoms with E-state index in [-0.39, 0.29) is 11.8 Å². The average molecular weight is 263 g/mol. The van der Waals surface area contributed by atoms with E-state index in [4.69, 9.17) is 4.74 Å². The van der Waals surface area contributed by atoms with Crippen molar-refractivity contribution in [3.8, 4) is 0 Å². The zero-order chi connectivity index (χ0) is 14.4. The van der Waals surface area contributed by atoms with E-state index >= 15 is 0 Å². The molecule has 1 atom stereocenters. The normalized spacial score (nSPS) is 12.1. The summed E-state index contributed by atoms with van der Waals surface area (Å²) < 4.78 is 4.69. The molecule has 0 saturated carbocycles. The third-order valence-electron chi connectivity index (χ3n) is 3.03. The minimum absolute atomic E-state index is 0.0219. The highest BCUT2D eigenvalue weighted by Gasteiger charge is 2.25. The van der Waals surface area contributed by atoms with Crippen LogP contribution in [0, 0.1) is 5.92 Å². The molecule has 4 heteroatoms. The molecule has 0 aromatic heterocycles. The van der Waals surface area contributed by atoms with Crippen LogP contribution in [0.4, 0.5) is 0 Å². The fourth-order valence-electron chi connectivity index (χ4n) is 1.74. The van der Waals surface area contributed by atoms with Gasteiger partial charge in [0, 0.05) is 5.56 Å². The van der Waals surface area contributed by atoms with Crippen LogP contribution < -0.4 is 5.32 Å². The van der Waals surface area contributed by atoms with Gasteiger partial charge < -0.3 is 10.1 Å². The Hall–Kier alpha value is -1.84. The highest BCUT2D eigenvalue weighted by Crippen LogP contribution is 2.08. The molecule has 0 saturated heterocycles. The van der Waals surface area contributed by atoms with Gasteiger partial charge in [-0.3, -0.25) is 4.79 Å². The van der Waals surface area contributed by atoms with Crippen molar-refractivity contribution in [3.63, 3.8) is 0 Å². The molecule has 0 radical (unpaired) electrons. The molecule has 0 spiro atoms. The maximum Gasteiger partial charge on any atom is 0.328 e. The molecule has 0 aliphatic rings. The number of carbonyl (C=O) groups excluding carboxylic acids is 2. The molecule has 1 amide bonds. The number of carbonyl (C=O) groups is 2. The lowest BCUT2D eigenvalue weighted by molar-refractivity contribution is -0.144. The molecule has 1 N–H and O–H groups in total. The second kappa shape index (κ2) is 6.92. The third-order valence-corrected chi connectivity index (χ3v) is 3.03. The molecular formula is C15H21NO3. The summed E-state index contributed by atoms with van der Waals surface area (Å²) in [6.45, 7) is 5.78. The predicted octanol–water partition coefficient (Wildman–Crippen LogP) is 2.18. The Kier molecular flexibility index (Phi) is 5.55. The molecule has 104 valence electrons. The third kappa shape index (κ3) is 4.09. The number of hydrogen-bond acceptors (Lipinski definition) is 3. The minimum Gasteiger partial charge on any atom is -0.467 e. The molecule has 4 nitrogen and oxygen atoms in total. The van der Waals surface area contributed by atoms with Crippen LogP contribution in [0.15, 0.2) is 24.3 Å². The Morgan fingerprint density at radius 2 is 1.79 bits per heavy atom. The van der Waals surface area contributed by atoms with Crippen LogP contribution in [0.5, 0.6) is 0 Å². The maximum absolute atomic E-state index is 12.1. The largest absolute Gasteiger partial charge is 0.467 e. The molecule has 0 fully saturated rings. The molecule has 19 heavy (non-hydrogen) atoms. The van der Waals surface area contributed by atoms with Gasteiger partial charge in [-0.15, -0.1) is 0 Å². The molecule has 1 rings (SSSR count). The zero-order valence-corrected chi connectivity index (χ0v) is 11.9. The van der Waals surface area contributed by atoms with Crippen LogP contribution in [-0.4, -0.2) is 25.0 Å². The highest BCUT2D eigenvalue weighted by atomic mass is 16.5. The number of ether oxygens (including phenoxy) is 1. The topological polar surface area (TPSA) is 55.4 Å². The monoisotopic (exact) mass is 263 g/mol. The van der Waals surface area contributed by atoms with Crippen LogP contribution >= 0.6 is 0 Å². The first kappa shape index (κ1) is 15.2. The summed E-state index contributed by atoms with van der Waals surface area (Å²) >= 11 is 0. The number of rotatable bonds is 5. The van der Waals surface area contributed by atoms with Crippen molar-refractivity contribution in [2.24, 2.45) is 5.92 Å². The van der Waals surface area contributed by atoms with E-state index in [2.05, 4.69) is 12.2 Å². The summed E-state index contributed by atoms with van der Waals surface area (Å²) in [5, 5.41) is 2.71. The standard InChI is InChI=1S/C15H21NO3/c1-5-11-6-8-12(9-7-11)14(17)16-13(10(2)3)15(18)19-4/h6-10,13H,5H2,1-4H3,(H,16,17)/t13-/m0/s1. The van der Waals surface area contributed by atoms with Crippen LogP contribution in [0.25, 0.3) is 0 Å². The van der Waals surface area contributed by atoms with Crippen molar-refractivity contribution in [2.45, 2.75) is 33.2 Å². The molecule has 0 aliphatic carbocycles. The lowest BCUT2D eigenvalue weighted by Crippen LogP contribution is -2.45. The van der Waals surface area contributed by atoms with Crippen LogP contribution in [0.3, 0.4) is 0 Å². The van der Waals surface area contributed by atoms with Gasteiger partial charge in [0.15, 0.2) is 0 Å². The highest BCUT2D eigenvalue weighted by molar-refractivity contribution is 5.96. The summed E-state index contributed by atoms with van der Waals surface area (Å²) in [7, 11) is 1.32. The molecular weight excluding hydrogens is 242 g/mol.